The molecule has 2 rings (SSSR count). The molecule has 0 saturated carbocycles. The predicted molar refractivity (Wildman–Crippen MR) is 64.9 cm³/mol. The minimum atomic E-state index is -0.346. The van der Waals surface area contributed by atoms with E-state index >= 15 is 0 Å². The highest BCUT2D eigenvalue weighted by Crippen LogP contribution is 2.21. The van der Waals surface area contributed by atoms with Crippen molar-refractivity contribution in [3.8, 4) is 0 Å². The third-order valence-corrected chi connectivity index (χ3v) is 2.69. The van der Waals surface area contributed by atoms with E-state index in [0.717, 1.165) is 11.3 Å². The summed E-state index contributed by atoms with van der Waals surface area (Å²) >= 11 is 0. The lowest BCUT2D eigenvalue weighted by molar-refractivity contribution is -0.385. The summed E-state index contributed by atoms with van der Waals surface area (Å²) in [5.41, 5.74) is 2.80. The highest BCUT2D eigenvalue weighted by atomic mass is 16.6. The molecule has 17 heavy (non-hydrogen) atoms. The van der Waals surface area contributed by atoms with Crippen LogP contribution in [0.1, 0.15) is 16.8 Å². The van der Waals surface area contributed by atoms with E-state index in [1.807, 2.05) is 25.1 Å². The van der Waals surface area contributed by atoms with Crippen LogP contribution in [0.25, 0.3) is 0 Å². The number of hydrogen-bond acceptors (Lipinski definition) is 3. The van der Waals surface area contributed by atoms with Crippen molar-refractivity contribution in [3.63, 3.8) is 0 Å². The van der Waals surface area contributed by atoms with Crippen LogP contribution in [-0.2, 0) is 6.42 Å². The fraction of sp³-hybridized carbons (Fsp3) is 0.154. The molecule has 0 radical (unpaired) electrons. The molecule has 0 saturated heterocycles. The average molecular weight is 228 g/mol. The van der Waals surface area contributed by atoms with Crippen molar-refractivity contribution in [1.82, 2.24) is 4.98 Å². The van der Waals surface area contributed by atoms with Crippen molar-refractivity contribution in [1.29, 1.82) is 0 Å². The quantitative estimate of drug-likeness (QED) is 0.599. The molecule has 0 aliphatic rings. The van der Waals surface area contributed by atoms with Crippen molar-refractivity contribution >= 4 is 5.69 Å². The van der Waals surface area contributed by atoms with Gasteiger partial charge in [-0.1, -0.05) is 24.3 Å². The van der Waals surface area contributed by atoms with E-state index in [1.165, 1.54) is 6.07 Å². The van der Waals surface area contributed by atoms with Gasteiger partial charge in [0.15, 0.2) is 0 Å². The van der Waals surface area contributed by atoms with Crippen LogP contribution in [0.3, 0.4) is 0 Å². The van der Waals surface area contributed by atoms with E-state index in [4.69, 9.17) is 0 Å². The molecule has 0 aliphatic carbocycles. The highest BCUT2D eigenvalue weighted by molar-refractivity contribution is 5.43. The third kappa shape index (κ3) is 2.47. The van der Waals surface area contributed by atoms with E-state index in [9.17, 15) is 10.1 Å². The summed E-state index contributed by atoms with van der Waals surface area (Å²) in [6, 6.07) is 10.6. The number of nitro benzene ring substituents is 1. The Kier molecular flexibility index (Phi) is 3.14. The number of pyridine rings is 1. The molecule has 0 amide bonds. The zero-order valence-electron chi connectivity index (χ0n) is 9.46. The van der Waals surface area contributed by atoms with Gasteiger partial charge in [-0.05, 0) is 18.6 Å². The summed E-state index contributed by atoms with van der Waals surface area (Å²) in [4.78, 5) is 14.7. The lowest BCUT2D eigenvalue weighted by Gasteiger charge is -2.05. The molecule has 0 spiro atoms. The smallest absolute Gasteiger partial charge is 0.261 e. The molecule has 0 N–H and O–H groups in total. The SMILES string of the molecule is Cc1ncccc1Cc1ccccc1[N+](=O)[O-]. The van der Waals surface area contributed by atoms with E-state index in [2.05, 4.69) is 4.98 Å². The van der Waals surface area contributed by atoms with Crippen molar-refractivity contribution in [3.05, 3.63) is 69.5 Å². The zero-order valence-corrected chi connectivity index (χ0v) is 9.46. The van der Waals surface area contributed by atoms with Crippen molar-refractivity contribution in [2.75, 3.05) is 0 Å². The first-order chi connectivity index (χ1) is 8.18. The molecule has 0 fully saturated rings. The first-order valence-corrected chi connectivity index (χ1v) is 5.31. The monoisotopic (exact) mass is 228 g/mol. The van der Waals surface area contributed by atoms with Crippen LogP contribution in [0.2, 0.25) is 0 Å². The molecule has 2 aromatic rings. The molecular formula is C13H12N2O2. The van der Waals surface area contributed by atoms with Crippen LogP contribution in [0.4, 0.5) is 5.69 Å². The molecule has 0 bridgehead atoms. The molecule has 0 aliphatic heterocycles. The lowest BCUT2D eigenvalue weighted by atomic mass is 10.0. The molecule has 86 valence electrons. The Morgan fingerprint density at radius 2 is 1.88 bits per heavy atom. The summed E-state index contributed by atoms with van der Waals surface area (Å²) in [5.74, 6) is 0. The zero-order chi connectivity index (χ0) is 12.3. The Morgan fingerprint density at radius 1 is 1.18 bits per heavy atom. The van der Waals surface area contributed by atoms with E-state index < -0.39 is 0 Å². The second-order valence-electron chi connectivity index (χ2n) is 3.81. The van der Waals surface area contributed by atoms with Crippen molar-refractivity contribution in [2.24, 2.45) is 0 Å². The van der Waals surface area contributed by atoms with Crippen molar-refractivity contribution in [2.45, 2.75) is 13.3 Å². The van der Waals surface area contributed by atoms with E-state index in [-0.39, 0.29) is 10.6 Å². The number of aromatic nitrogens is 1. The molecule has 4 nitrogen and oxygen atoms in total. The molecule has 1 aromatic heterocycles. The summed E-state index contributed by atoms with van der Waals surface area (Å²) in [7, 11) is 0. The van der Waals surface area contributed by atoms with Gasteiger partial charge in [-0.15, -0.1) is 0 Å². The molecule has 4 heteroatoms. The average Bonchev–Trinajstić information content (AvgIpc) is 2.32. The second-order valence-corrected chi connectivity index (χ2v) is 3.81. The second kappa shape index (κ2) is 4.74. The van der Waals surface area contributed by atoms with Gasteiger partial charge >= 0.3 is 0 Å². The molecule has 1 aromatic carbocycles. The normalized spacial score (nSPS) is 10.2. The van der Waals surface area contributed by atoms with Gasteiger partial charge in [0.2, 0.25) is 0 Å². The first kappa shape index (κ1) is 11.3. The Labute approximate surface area is 99.1 Å². The van der Waals surface area contributed by atoms with Gasteiger partial charge < -0.3 is 0 Å². The lowest BCUT2D eigenvalue weighted by Crippen LogP contribution is -1.98. The van der Waals surface area contributed by atoms with Crippen LogP contribution in [-0.4, -0.2) is 9.91 Å². The van der Waals surface area contributed by atoms with Gasteiger partial charge in [0.05, 0.1) is 4.92 Å². The molecule has 0 unspecified atom stereocenters. The van der Waals surface area contributed by atoms with Crippen molar-refractivity contribution < 1.29 is 4.92 Å². The summed E-state index contributed by atoms with van der Waals surface area (Å²) in [6.07, 6.45) is 2.26. The maximum atomic E-state index is 10.9. The summed E-state index contributed by atoms with van der Waals surface area (Å²) < 4.78 is 0. The third-order valence-electron chi connectivity index (χ3n) is 2.69. The van der Waals surface area contributed by atoms with Crippen LogP contribution >= 0.6 is 0 Å². The largest absolute Gasteiger partial charge is 0.272 e. The predicted octanol–water partition coefficient (Wildman–Crippen LogP) is 2.89. The van der Waals surface area contributed by atoms with Gasteiger partial charge in [-0.2, -0.15) is 0 Å². The summed E-state index contributed by atoms with van der Waals surface area (Å²) in [6.45, 7) is 1.91. The minimum absolute atomic E-state index is 0.163. The van der Waals surface area contributed by atoms with Gasteiger partial charge in [0.1, 0.15) is 0 Å². The highest BCUT2D eigenvalue weighted by Gasteiger charge is 2.13. The maximum Gasteiger partial charge on any atom is 0.272 e. The summed E-state index contributed by atoms with van der Waals surface area (Å²) in [5, 5.41) is 10.9. The number of benzene rings is 1. The van der Waals surface area contributed by atoms with E-state index in [0.29, 0.717) is 12.0 Å². The number of aryl methyl sites for hydroxylation is 1. The fourth-order valence-corrected chi connectivity index (χ4v) is 1.75. The Balaban J connectivity index is 2.37. The van der Waals surface area contributed by atoms with Crippen LogP contribution < -0.4 is 0 Å². The van der Waals surface area contributed by atoms with Crippen LogP contribution in [0.15, 0.2) is 42.6 Å². The molecule has 1 heterocycles. The van der Waals surface area contributed by atoms with Gasteiger partial charge in [0.25, 0.3) is 5.69 Å². The topological polar surface area (TPSA) is 56.0 Å². The molecular weight excluding hydrogens is 216 g/mol. The number of rotatable bonds is 3. The number of nitrogens with zero attached hydrogens (tertiary/aromatic N) is 2. The Morgan fingerprint density at radius 3 is 2.59 bits per heavy atom. The van der Waals surface area contributed by atoms with E-state index in [1.54, 1.807) is 18.3 Å². The number of para-hydroxylation sites is 1. The number of hydrogen-bond donors (Lipinski definition) is 0. The van der Waals surface area contributed by atoms with Gasteiger partial charge in [0, 0.05) is 29.9 Å². The minimum Gasteiger partial charge on any atom is -0.261 e. The fourth-order valence-electron chi connectivity index (χ4n) is 1.75. The Bertz CT molecular complexity index is 553. The van der Waals surface area contributed by atoms with Crippen LogP contribution in [0.5, 0.6) is 0 Å². The standard InChI is InChI=1S/C13H12N2O2/c1-10-11(6-4-8-14-10)9-12-5-2-3-7-13(12)15(16)17/h2-8H,9H2,1H3. The Hall–Kier alpha value is -2.23. The van der Waals surface area contributed by atoms with Crippen LogP contribution in [0, 0.1) is 17.0 Å². The first-order valence-electron chi connectivity index (χ1n) is 5.31. The van der Waals surface area contributed by atoms with Gasteiger partial charge in [-0.3, -0.25) is 15.1 Å². The van der Waals surface area contributed by atoms with Gasteiger partial charge in [-0.25, -0.2) is 0 Å². The maximum absolute atomic E-state index is 10.9. The number of nitro groups is 1. The molecule has 0 atom stereocenters.